The third kappa shape index (κ3) is 2.38. The molecule has 2 aromatic rings. The summed E-state index contributed by atoms with van der Waals surface area (Å²) in [4.78, 5) is 0.108. The van der Waals surface area contributed by atoms with E-state index < -0.39 is 16.0 Å². The van der Waals surface area contributed by atoms with Crippen LogP contribution in [0.25, 0.3) is 0 Å². The van der Waals surface area contributed by atoms with Crippen LogP contribution in [0, 0.1) is 19.4 Å². The number of fused-ring (bicyclic) bond motifs is 1. The zero-order chi connectivity index (χ0) is 16.7. The zero-order valence-electron chi connectivity index (χ0n) is 13.3. The number of nitrogens with zero attached hydrogens (tertiary/aromatic N) is 1. The molecule has 0 saturated carbocycles. The van der Waals surface area contributed by atoms with Gasteiger partial charge in [0.2, 0.25) is 0 Å². The Bertz CT molecular complexity index is 884. The van der Waals surface area contributed by atoms with Crippen molar-refractivity contribution in [3.05, 3.63) is 65.2 Å². The normalized spacial score (nSPS) is 20.8. The van der Waals surface area contributed by atoms with Crippen molar-refractivity contribution in [1.29, 1.82) is 0 Å². The summed E-state index contributed by atoms with van der Waals surface area (Å²) < 4.78 is 35.5. The van der Waals surface area contributed by atoms with Crippen LogP contribution in [0.5, 0.6) is 0 Å². The van der Waals surface area contributed by atoms with Gasteiger partial charge in [0, 0.05) is 6.04 Å². The van der Waals surface area contributed by atoms with Crippen molar-refractivity contribution in [1.82, 2.24) is 4.31 Å². The predicted molar refractivity (Wildman–Crippen MR) is 86.5 cm³/mol. The molecule has 0 fully saturated rings. The van der Waals surface area contributed by atoms with Crippen LogP contribution in [0.15, 0.2) is 53.4 Å². The van der Waals surface area contributed by atoms with E-state index in [4.69, 9.17) is 7.79 Å². The van der Waals surface area contributed by atoms with Gasteiger partial charge >= 0.3 is 0 Å². The lowest BCUT2D eigenvalue weighted by Crippen LogP contribution is -2.29. The van der Waals surface area contributed by atoms with Crippen LogP contribution in [0.3, 0.4) is 0 Å². The summed E-state index contributed by atoms with van der Waals surface area (Å²) >= 11 is 0. The second kappa shape index (κ2) is 5.51. The smallest absolute Gasteiger partial charge is 0.217 e. The SMILES string of the molecule is [2H]C1(N(C#C)S(=O)(=O)c2ccc(C)cc2)CCc2ccccc21. The second-order valence-electron chi connectivity index (χ2n) is 5.32. The van der Waals surface area contributed by atoms with Crippen molar-refractivity contribution in [2.24, 2.45) is 0 Å². The summed E-state index contributed by atoms with van der Waals surface area (Å²) in [5.41, 5.74) is 2.60. The molecule has 0 N–H and O–H groups in total. The maximum absolute atomic E-state index is 12.9. The molecule has 0 bridgehead atoms. The molecule has 22 heavy (non-hydrogen) atoms. The standard InChI is InChI=1S/C18H17NO2S/c1-3-19(18-13-10-15-6-4-5-7-17(15)18)22(20,21)16-11-8-14(2)9-12-16/h1,4-9,11-12,18H,10,13H2,2H3/i18D. The van der Waals surface area contributed by atoms with Gasteiger partial charge in [0.1, 0.15) is 0 Å². The summed E-state index contributed by atoms with van der Waals surface area (Å²) in [6.45, 7) is 1.88. The van der Waals surface area contributed by atoms with E-state index in [1.54, 1.807) is 24.3 Å². The quantitative estimate of drug-likeness (QED) is 0.644. The van der Waals surface area contributed by atoms with Crippen LogP contribution in [0.2, 0.25) is 0 Å². The van der Waals surface area contributed by atoms with Crippen molar-refractivity contribution in [3.8, 4) is 12.5 Å². The van der Waals surface area contributed by atoms with Gasteiger partial charge in [-0.2, -0.15) is 0 Å². The Hall–Kier alpha value is -2.25. The minimum absolute atomic E-state index is 0.108. The van der Waals surface area contributed by atoms with E-state index >= 15 is 0 Å². The molecule has 0 radical (unpaired) electrons. The Morgan fingerprint density at radius 3 is 2.59 bits per heavy atom. The van der Waals surface area contributed by atoms with Gasteiger partial charge in [-0.1, -0.05) is 48.4 Å². The van der Waals surface area contributed by atoms with E-state index in [0.29, 0.717) is 18.4 Å². The Kier molecular flexibility index (Phi) is 3.36. The summed E-state index contributed by atoms with van der Waals surface area (Å²) in [5, 5.41) is 0. The van der Waals surface area contributed by atoms with Gasteiger partial charge in [-0.05, 0) is 43.0 Å². The fourth-order valence-corrected chi connectivity index (χ4v) is 4.04. The molecule has 0 aromatic heterocycles. The van der Waals surface area contributed by atoms with Crippen molar-refractivity contribution < 1.29 is 9.79 Å². The number of sulfonamides is 1. The molecule has 3 nitrogen and oxygen atoms in total. The van der Waals surface area contributed by atoms with Gasteiger partial charge in [-0.3, -0.25) is 0 Å². The Morgan fingerprint density at radius 2 is 1.91 bits per heavy atom. The Balaban J connectivity index is 2.11. The first-order valence-corrected chi connectivity index (χ1v) is 8.50. The van der Waals surface area contributed by atoms with E-state index in [2.05, 4.69) is 6.04 Å². The summed E-state index contributed by atoms with van der Waals surface area (Å²) in [6.07, 6.45) is 6.51. The third-order valence-electron chi connectivity index (χ3n) is 3.88. The molecule has 2 aromatic carbocycles. The van der Waals surface area contributed by atoms with Gasteiger partial charge in [0.25, 0.3) is 10.0 Å². The van der Waals surface area contributed by atoms with Crippen LogP contribution >= 0.6 is 0 Å². The van der Waals surface area contributed by atoms with Crippen molar-refractivity contribution in [2.45, 2.75) is 30.7 Å². The molecule has 0 amide bonds. The maximum Gasteiger partial charge on any atom is 0.271 e. The first-order valence-electron chi connectivity index (χ1n) is 7.56. The molecule has 1 aliphatic rings. The van der Waals surface area contributed by atoms with Crippen molar-refractivity contribution >= 4 is 10.0 Å². The largest absolute Gasteiger partial charge is 0.271 e. The molecular formula is C18H17NO2S. The van der Waals surface area contributed by atoms with Gasteiger partial charge < -0.3 is 0 Å². The fraction of sp³-hybridized carbons (Fsp3) is 0.222. The zero-order valence-corrected chi connectivity index (χ0v) is 13.1. The van der Waals surface area contributed by atoms with Gasteiger partial charge in [-0.25, -0.2) is 12.7 Å². The van der Waals surface area contributed by atoms with E-state index in [-0.39, 0.29) is 4.90 Å². The highest BCUT2D eigenvalue weighted by Gasteiger charge is 2.34. The van der Waals surface area contributed by atoms with Crippen LogP contribution in [-0.4, -0.2) is 12.7 Å². The highest BCUT2D eigenvalue weighted by Crippen LogP contribution is 2.38. The van der Waals surface area contributed by atoms with Crippen LogP contribution in [0.1, 0.15) is 30.5 Å². The van der Waals surface area contributed by atoms with Gasteiger partial charge in [-0.15, -0.1) is 0 Å². The molecule has 0 aliphatic heterocycles. The molecule has 1 unspecified atom stereocenters. The molecule has 4 heteroatoms. The number of hydrogen-bond donors (Lipinski definition) is 0. The van der Waals surface area contributed by atoms with Crippen LogP contribution < -0.4 is 0 Å². The Labute approximate surface area is 133 Å². The van der Waals surface area contributed by atoms with Crippen LogP contribution in [0.4, 0.5) is 0 Å². The van der Waals surface area contributed by atoms with Gasteiger partial charge in [0.05, 0.1) is 12.3 Å². The minimum atomic E-state index is -3.94. The first-order chi connectivity index (χ1) is 10.9. The van der Waals surface area contributed by atoms with E-state index in [0.717, 1.165) is 15.4 Å². The average Bonchev–Trinajstić information content (AvgIpc) is 2.86. The molecule has 3 rings (SSSR count). The van der Waals surface area contributed by atoms with Gasteiger partial charge in [0.15, 0.2) is 0 Å². The average molecular weight is 312 g/mol. The molecule has 1 atom stereocenters. The van der Waals surface area contributed by atoms with E-state index in [9.17, 15) is 8.42 Å². The maximum atomic E-state index is 12.9. The number of benzene rings is 2. The Morgan fingerprint density at radius 1 is 1.23 bits per heavy atom. The van der Waals surface area contributed by atoms with E-state index in [1.165, 1.54) is 12.1 Å². The molecule has 112 valence electrons. The fourth-order valence-electron chi connectivity index (χ4n) is 2.73. The number of rotatable bonds is 3. The lowest BCUT2D eigenvalue weighted by atomic mass is 10.1. The lowest BCUT2D eigenvalue weighted by Gasteiger charge is -2.25. The highest BCUT2D eigenvalue weighted by atomic mass is 32.2. The predicted octanol–water partition coefficient (Wildman–Crippen LogP) is 3.26. The summed E-state index contributed by atoms with van der Waals surface area (Å²) in [7, 11) is -3.94. The molecule has 0 saturated heterocycles. The van der Waals surface area contributed by atoms with E-state index in [1.807, 2.05) is 19.1 Å². The first kappa shape index (κ1) is 13.4. The summed E-state index contributed by atoms with van der Waals surface area (Å²) in [5.74, 6) is 0. The number of hydrogen-bond acceptors (Lipinski definition) is 2. The molecular weight excluding hydrogens is 294 g/mol. The van der Waals surface area contributed by atoms with Crippen molar-refractivity contribution in [2.75, 3.05) is 0 Å². The second-order valence-corrected chi connectivity index (χ2v) is 7.10. The summed E-state index contributed by atoms with van der Waals surface area (Å²) in [6, 6.07) is 14.7. The van der Waals surface area contributed by atoms with Crippen LogP contribution in [-0.2, 0) is 16.4 Å². The number of terminal acetylenes is 1. The topological polar surface area (TPSA) is 37.4 Å². The third-order valence-corrected chi connectivity index (χ3v) is 5.56. The molecule has 0 heterocycles. The highest BCUT2D eigenvalue weighted by molar-refractivity contribution is 7.89. The lowest BCUT2D eigenvalue weighted by molar-refractivity contribution is 0.421. The minimum Gasteiger partial charge on any atom is -0.217 e. The monoisotopic (exact) mass is 312 g/mol. The number of aryl methyl sites for hydroxylation is 2. The molecule has 0 spiro atoms. The molecule has 1 aliphatic carbocycles. The van der Waals surface area contributed by atoms with Crippen molar-refractivity contribution in [3.63, 3.8) is 0 Å².